The van der Waals surface area contributed by atoms with Crippen LogP contribution in [0.2, 0.25) is 0 Å². The number of nitrogens with one attached hydrogen (secondary N) is 1. The third kappa shape index (κ3) is 50.0. The largest absolute Gasteiger partial charge is 0.466 e. The molecule has 0 aliphatic heterocycles. The van der Waals surface area contributed by atoms with E-state index >= 15 is 0 Å². The van der Waals surface area contributed by atoms with Gasteiger partial charge in [0.25, 0.3) is 0 Å². The standard InChI is InChI=1S/C58H113NO5/c1-3-5-7-9-11-13-15-17-19-20-21-22-23-24-26-27-30-34-38-42-46-50-56(61)55(54-60)59-57(62)51-47-43-39-35-31-29-33-37-41-45-49-53-64-58(63)52-48-44-40-36-32-28-25-18-16-14-12-10-8-6-4-2/h18,25,55-56,60-61H,3-17,19-24,26-54H2,1-2H3,(H,59,62)/b25-18-. The number of carbonyl (C=O) groups excluding carboxylic acids is 2. The van der Waals surface area contributed by atoms with Gasteiger partial charge in [-0.3, -0.25) is 9.59 Å². The summed E-state index contributed by atoms with van der Waals surface area (Å²) in [5, 5.41) is 23.3. The van der Waals surface area contributed by atoms with Crippen molar-refractivity contribution in [3.8, 4) is 0 Å². The highest BCUT2D eigenvalue weighted by atomic mass is 16.5. The average Bonchev–Trinajstić information content (AvgIpc) is 3.29. The summed E-state index contributed by atoms with van der Waals surface area (Å²) in [6.45, 7) is 4.93. The summed E-state index contributed by atoms with van der Waals surface area (Å²) in [6.07, 6.45) is 63.4. The normalized spacial score (nSPS) is 12.6. The van der Waals surface area contributed by atoms with Crippen LogP contribution >= 0.6 is 0 Å². The maximum absolute atomic E-state index is 12.5. The predicted molar refractivity (Wildman–Crippen MR) is 278 cm³/mol. The first-order chi connectivity index (χ1) is 31.5. The molecule has 6 heteroatoms. The van der Waals surface area contributed by atoms with Crippen LogP contribution in [-0.4, -0.2) is 47.4 Å². The molecule has 0 spiro atoms. The number of hydrogen-bond acceptors (Lipinski definition) is 5. The Morgan fingerprint density at radius 1 is 0.422 bits per heavy atom. The molecule has 0 aromatic carbocycles. The number of esters is 1. The number of amides is 1. The molecule has 3 N–H and O–H groups in total. The highest BCUT2D eigenvalue weighted by Gasteiger charge is 2.20. The van der Waals surface area contributed by atoms with E-state index in [2.05, 4.69) is 31.3 Å². The average molecular weight is 905 g/mol. The van der Waals surface area contributed by atoms with Crippen LogP contribution in [0.15, 0.2) is 12.2 Å². The molecule has 0 aromatic rings. The predicted octanol–water partition coefficient (Wildman–Crippen LogP) is 17.7. The Hall–Kier alpha value is -1.40. The lowest BCUT2D eigenvalue weighted by Gasteiger charge is -2.22. The molecule has 0 aliphatic rings. The van der Waals surface area contributed by atoms with Gasteiger partial charge in [0, 0.05) is 12.8 Å². The lowest BCUT2D eigenvalue weighted by molar-refractivity contribution is -0.143. The lowest BCUT2D eigenvalue weighted by atomic mass is 10.0. The minimum Gasteiger partial charge on any atom is -0.466 e. The fourth-order valence-electron chi connectivity index (χ4n) is 9.11. The van der Waals surface area contributed by atoms with Crippen molar-refractivity contribution >= 4 is 11.9 Å². The van der Waals surface area contributed by atoms with Crippen LogP contribution in [0.5, 0.6) is 0 Å². The van der Waals surface area contributed by atoms with Crippen molar-refractivity contribution in [1.82, 2.24) is 5.32 Å². The van der Waals surface area contributed by atoms with Crippen LogP contribution in [-0.2, 0) is 14.3 Å². The van der Waals surface area contributed by atoms with Gasteiger partial charge < -0.3 is 20.3 Å². The minimum atomic E-state index is -0.677. The zero-order valence-electron chi connectivity index (χ0n) is 43.3. The number of allylic oxidation sites excluding steroid dienone is 2. The summed E-state index contributed by atoms with van der Waals surface area (Å²) in [5.41, 5.74) is 0. The monoisotopic (exact) mass is 904 g/mol. The van der Waals surface area contributed by atoms with E-state index in [9.17, 15) is 19.8 Å². The van der Waals surface area contributed by atoms with Crippen molar-refractivity contribution in [2.45, 2.75) is 334 Å². The van der Waals surface area contributed by atoms with E-state index < -0.39 is 12.1 Å². The Bertz CT molecular complexity index is 955. The number of ether oxygens (including phenoxy) is 1. The first-order valence-corrected chi connectivity index (χ1v) is 28.9. The molecule has 0 heterocycles. The van der Waals surface area contributed by atoms with Crippen molar-refractivity contribution in [2.75, 3.05) is 13.2 Å². The van der Waals surface area contributed by atoms with Gasteiger partial charge in [-0.15, -0.1) is 0 Å². The van der Waals surface area contributed by atoms with E-state index in [0.717, 1.165) is 57.8 Å². The second-order valence-electron chi connectivity index (χ2n) is 20.0. The SMILES string of the molecule is CCCCCCCC/C=C\CCCCCCCC(=O)OCCCCCCCCCCCCCC(=O)NC(CO)C(O)CCCCCCCCCCCCCCCCCCCCCCC. The maximum atomic E-state index is 12.5. The molecule has 0 rings (SSSR count). The third-order valence-corrected chi connectivity index (χ3v) is 13.6. The van der Waals surface area contributed by atoms with E-state index in [1.165, 1.54) is 231 Å². The second-order valence-corrected chi connectivity index (χ2v) is 20.0. The van der Waals surface area contributed by atoms with Gasteiger partial charge in [0.1, 0.15) is 0 Å². The number of hydrogen-bond donors (Lipinski definition) is 3. The van der Waals surface area contributed by atoms with E-state index in [0.29, 0.717) is 25.9 Å². The van der Waals surface area contributed by atoms with Crippen LogP contribution in [0, 0.1) is 0 Å². The van der Waals surface area contributed by atoms with Gasteiger partial charge in [0.2, 0.25) is 5.91 Å². The topological polar surface area (TPSA) is 95.9 Å². The number of unbranched alkanes of at least 4 members (excludes halogenated alkanes) is 41. The van der Waals surface area contributed by atoms with Crippen molar-refractivity contribution in [3.05, 3.63) is 12.2 Å². The van der Waals surface area contributed by atoms with Crippen molar-refractivity contribution in [2.24, 2.45) is 0 Å². The molecule has 0 radical (unpaired) electrons. The van der Waals surface area contributed by atoms with Gasteiger partial charge in [0.05, 0.1) is 25.4 Å². The smallest absolute Gasteiger partial charge is 0.305 e. The molecule has 0 fully saturated rings. The summed E-state index contributed by atoms with van der Waals surface area (Å²) < 4.78 is 5.46. The Kier molecular flexibility index (Phi) is 53.0. The van der Waals surface area contributed by atoms with Crippen LogP contribution in [0.1, 0.15) is 322 Å². The second kappa shape index (κ2) is 54.2. The number of carbonyl (C=O) groups is 2. The van der Waals surface area contributed by atoms with Crippen LogP contribution in [0.4, 0.5) is 0 Å². The Labute approximate surface area is 399 Å². The van der Waals surface area contributed by atoms with Crippen molar-refractivity contribution < 1.29 is 24.5 Å². The summed E-state index contributed by atoms with van der Waals surface area (Å²) in [7, 11) is 0. The first kappa shape index (κ1) is 62.6. The van der Waals surface area contributed by atoms with Gasteiger partial charge in [-0.1, -0.05) is 270 Å². The van der Waals surface area contributed by atoms with Gasteiger partial charge in [-0.05, 0) is 51.4 Å². The Morgan fingerprint density at radius 3 is 1.11 bits per heavy atom. The molecule has 380 valence electrons. The molecule has 64 heavy (non-hydrogen) atoms. The van der Waals surface area contributed by atoms with Gasteiger partial charge in [-0.2, -0.15) is 0 Å². The maximum Gasteiger partial charge on any atom is 0.305 e. The fraction of sp³-hybridized carbons (Fsp3) is 0.931. The number of rotatable bonds is 54. The van der Waals surface area contributed by atoms with E-state index in [-0.39, 0.29) is 18.5 Å². The molecular formula is C58H113NO5. The van der Waals surface area contributed by atoms with Gasteiger partial charge in [0.15, 0.2) is 0 Å². The highest BCUT2D eigenvalue weighted by Crippen LogP contribution is 2.17. The molecule has 6 nitrogen and oxygen atoms in total. The molecule has 1 amide bonds. The van der Waals surface area contributed by atoms with Gasteiger partial charge >= 0.3 is 5.97 Å². The van der Waals surface area contributed by atoms with Crippen LogP contribution in [0.25, 0.3) is 0 Å². The Balaban J connectivity index is 3.46. The molecule has 0 saturated heterocycles. The van der Waals surface area contributed by atoms with Gasteiger partial charge in [-0.25, -0.2) is 0 Å². The minimum absolute atomic E-state index is 0.0204. The first-order valence-electron chi connectivity index (χ1n) is 28.9. The fourth-order valence-corrected chi connectivity index (χ4v) is 9.11. The lowest BCUT2D eigenvalue weighted by Crippen LogP contribution is -2.45. The zero-order chi connectivity index (χ0) is 46.5. The molecule has 0 aliphatic carbocycles. The van der Waals surface area contributed by atoms with Crippen LogP contribution in [0.3, 0.4) is 0 Å². The molecule has 2 unspecified atom stereocenters. The van der Waals surface area contributed by atoms with E-state index in [1.807, 2.05) is 0 Å². The van der Waals surface area contributed by atoms with Crippen molar-refractivity contribution in [3.63, 3.8) is 0 Å². The van der Waals surface area contributed by atoms with Crippen LogP contribution < -0.4 is 5.32 Å². The summed E-state index contributed by atoms with van der Waals surface area (Å²) in [6, 6.07) is -0.556. The molecular weight excluding hydrogens is 791 g/mol. The molecule has 2 atom stereocenters. The third-order valence-electron chi connectivity index (χ3n) is 13.6. The molecule has 0 bridgehead atoms. The number of aliphatic hydroxyl groups is 2. The summed E-state index contributed by atoms with van der Waals surface area (Å²) >= 11 is 0. The molecule has 0 saturated carbocycles. The summed E-state index contributed by atoms with van der Waals surface area (Å²) in [5.74, 6) is -0.0713. The zero-order valence-corrected chi connectivity index (χ0v) is 43.3. The Morgan fingerprint density at radius 2 is 0.734 bits per heavy atom. The molecule has 0 aromatic heterocycles. The highest BCUT2D eigenvalue weighted by molar-refractivity contribution is 5.76. The van der Waals surface area contributed by atoms with Crippen molar-refractivity contribution in [1.29, 1.82) is 0 Å². The quantitative estimate of drug-likeness (QED) is 0.0321. The summed E-state index contributed by atoms with van der Waals surface area (Å²) in [4.78, 5) is 24.5. The number of aliphatic hydroxyl groups excluding tert-OH is 2. The van der Waals surface area contributed by atoms with E-state index in [1.54, 1.807) is 0 Å². The van der Waals surface area contributed by atoms with E-state index in [4.69, 9.17) is 4.74 Å².